The normalized spacial score (nSPS) is 12.4. The number of hydrogen-bond acceptors (Lipinski definition) is 6. The summed E-state index contributed by atoms with van der Waals surface area (Å²) in [6, 6.07) is 0.298. The Bertz CT molecular complexity index is 351. The molecule has 1 amide bonds. The van der Waals surface area contributed by atoms with E-state index in [2.05, 4.69) is 15.5 Å². The van der Waals surface area contributed by atoms with Crippen molar-refractivity contribution in [3.63, 3.8) is 0 Å². The molecule has 1 atom stereocenters. The van der Waals surface area contributed by atoms with Crippen LogP contribution in [0.5, 0.6) is 0 Å². The molecular weight excluding hydrogens is 210 g/mol. The van der Waals surface area contributed by atoms with Crippen LogP contribution < -0.4 is 16.0 Å². The number of hydrogen-bond donors (Lipinski definition) is 2. The third-order valence-corrected chi connectivity index (χ3v) is 2.23. The maximum absolute atomic E-state index is 10.8. The Morgan fingerprint density at radius 1 is 1.62 bits per heavy atom. The van der Waals surface area contributed by atoms with Crippen molar-refractivity contribution in [2.24, 2.45) is 5.73 Å². The largest absolute Gasteiger partial charge is 0.406 e. The van der Waals surface area contributed by atoms with E-state index < -0.39 is 5.91 Å². The lowest BCUT2D eigenvalue weighted by atomic mass is 10.3. The highest BCUT2D eigenvalue weighted by Gasteiger charge is 2.17. The number of aromatic nitrogens is 2. The summed E-state index contributed by atoms with van der Waals surface area (Å²) in [5, 5.41) is 10.7. The molecule has 0 bridgehead atoms. The average molecular weight is 227 g/mol. The van der Waals surface area contributed by atoms with Gasteiger partial charge < -0.3 is 20.4 Å². The second kappa shape index (κ2) is 5.45. The fourth-order valence-corrected chi connectivity index (χ4v) is 1.16. The maximum atomic E-state index is 10.8. The number of likely N-dealkylation sites (N-methyl/N-ethyl adjacent to an activating group) is 1. The predicted molar refractivity (Wildman–Crippen MR) is 58.9 cm³/mol. The highest BCUT2D eigenvalue weighted by Crippen LogP contribution is 2.16. The minimum Gasteiger partial charge on any atom is -0.406 e. The first-order valence-electron chi connectivity index (χ1n) is 5.12. The van der Waals surface area contributed by atoms with E-state index in [9.17, 15) is 4.79 Å². The van der Waals surface area contributed by atoms with Gasteiger partial charge in [0.1, 0.15) is 6.54 Å². The lowest BCUT2D eigenvalue weighted by molar-refractivity contribution is -0.116. The molecule has 0 fully saturated rings. The molecular formula is C9H17N5O2. The number of primary amides is 1. The fraction of sp³-hybridized carbons (Fsp3) is 0.667. The molecule has 0 saturated heterocycles. The number of carbonyl (C=O) groups excluding carboxylic acids is 1. The molecule has 0 aromatic carbocycles. The molecule has 90 valence electrons. The summed E-state index contributed by atoms with van der Waals surface area (Å²) < 4.78 is 5.42. The van der Waals surface area contributed by atoms with Crippen molar-refractivity contribution in [2.75, 3.05) is 25.0 Å². The van der Waals surface area contributed by atoms with E-state index >= 15 is 0 Å². The van der Waals surface area contributed by atoms with Gasteiger partial charge in [0.25, 0.3) is 0 Å². The van der Waals surface area contributed by atoms with Crippen LogP contribution in [0.3, 0.4) is 0 Å². The lowest BCUT2D eigenvalue weighted by Gasteiger charge is -2.15. The van der Waals surface area contributed by atoms with Gasteiger partial charge in [0.15, 0.2) is 0 Å². The maximum Gasteiger partial charge on any atom is 0.318 e. The van der Waals surface area contributed by atoms with E-state index in [0.29, 0.717) is 18.5 Å². The summed E-state index contributed by atoms with van der Waals surface area (Å²) in [5.41, 5.74) is 5.12. The summed E-state index contributed by atoms with van der Waals surface area (Å²) in [6.45, 7) is 4.44. The van der Waals surface area contributed by atoms with Crippen LogP contribution in [-0.2, 0) is 4.79 Å². The molecule has 0 spiro atoms. The Hall–Kier alpha value is -1.63. The highest BCUT2D eigenvalue weighted by molar-refractivity contribution is 5.78. The third-order valence-electron chi connectivity index (χ3n) is 2.23. The van der Waals surface area contributed by atoms with E-state index in [0.717, 1.165) is 0 Å². The molecule has 1 rings (SSSR count). The molecule has 1 aromatic heterocycles. The second-order valence-corrected chi connectivity index (χ2v) is 3.41. The molecule has 7 heteroatoms. The van der Waals surface area contributed by atoms with Gasteiger partial charge >= 0.3 is 6.01 Å². The van der Waals surface area contributed by atoms with Crippen LogP contribution in [0.2, 0.25) is 0 Å². The number of nitrogens with zero attached hydrogens (tertiary/aromatic N) is 3. The van der Waals surface area contributed by atoms with Crippen molar-refractivity contribution in [3.8, 4) is 0 Å². The summed E-state index contributed by atoms with van der Waals surface area (Å²) in [4.78, 5) is 12.4. The van der Waals surface area contributed by atoms with Crippen LogP contribution in [-0.4, -0.2) is 36.2 Å². The van der Waals surface area contributed by atoms with Crippen molar-refractivity contribution in [3.05, 3.63) is 5.89 Å². The van der Waals surface area contributed by atoms with E-state index in [1.54, 1.807) is 11.9 Å². The van der Waals surface area contributed by atoms with Gasteiger partial charge in [-0.2, -0.15) is 0 Å². The van der Waals surface area contributed by atoms with E-state index in [1.807, 2.05) is 13.8 Å². The molecule has 0 radical (unpaired) electrons. The van der Waals surface area contributed by atoms with E-state index in [1.165, 1.54) is 0 Å². The number of anilines is 1. The molecule has 1 aromatic rings. The number of carbonyl (C=O) groups is 1. The monoisotopic (exact) mass is 227 g/mol. The van der Waals surface area contributed by atoms with E-state index in [4.69, 9.17) is 10.2 Å². The van der Waals surface area contributed by atoms with Crippen LogP contribution in [0.15, 0.2) is 4.42 Å². The minimum absolute atomic E-state index is 0.0199. The number of nitrogens with one attached hydrogen (secondary N) is 1. The van der Waals surface area contributed by atoms with Crippen LogP contribution in [0.1, 0.15) is 25.8 Å². The van der Waals surface area contributed by atoms with Gasteiger partial charge in [0.2, 0.25) is 11.8 Å². The van der Waals surface area contributed by atoms with Crippen LogP contribution in [0, 0.1) is 0 Å². The summed E-state index contributed by atoms with van der Waals surface area (Å²) in [7, 11) is 1.80. The highest BCUT2D eigenvalue weighted by atomic mass is 16.4. The predicted octanol–water partition coefficient (Wildman–Crippen LogP) is -0.338. The molecule has 1 heterocycles. The van der Waals surface area contributed by atoms with Gasteiger partial charge in [0.05, 0.1) is 6.04 Å². The van der Waals surface area contributed by atoms with Crippen molar-refractivity contribution >= 4 is 11.9 Å². The van der Waals surface area contributed by atoms with Gasteiger partial charge in [-0.15, -0.1) is 5.10 Å². The Morgan fingerprint density at radius 3 is 2.81 bits per heavy atom. The Labute approximate surface area is 94.0 Å². The first-order chi connectivity index (χ1) is 7.58. The molecule has 0 aliphatic rings. The zero-order valence-electron chi connectivity index (χ0n) is 9.73. The van der Waals surface area contributed by atoms with Crippen molar-refractivity contribution in [1.82, 2.24) is 15.5 Å². The average Bonchev–Trinajstić information content (AvgIpc) is 2.73. The number of rotatable bonds is 6. The molecule has 7 nitrogen and oxygen atoms in total. The van der Waals surface area contributed by atoms with Crippen LogP contribution in [0.4, 0.5) is 6.01 Å². The zero-order chi connectivity index (χ0) is 12.1. The fourth-order valence-electron chi connectivity index (χ4n) is 1.16. The van der Waals surface area contributed by atoms with Crippen molar-refractivity contribution < 1.29 is 9.21 Å². The summed E-state index contributed by atoms with van der Waals surface area (Å²) in [5.74, 6) is 0.0590. The molecule has 0 saturated carbocycles. The third kappa shape index (κ3) is 2.93. The SMILES string of the molecule is CCN(CC(N)=O)c1nnc(C(C)NC)o1. The van der Waals surface area contributed by atoms with Crippen molar-refractivity contribution in [2.45, 2.75) is 19.9 Å². The Morgan fingerprint density at radius 2 is 2.31 bits per heavy atom. The topological polar surface area (TPSA) is 97.3 Å². The molecule has 16 heavy (non-hydrogen) atoms. The molecule has 0 aliphatic carbocycles. The molecule has 0 aliphatic heterocycles. The quantitative estimate of drug-likeness (QED) is 0.690. The minimum atomic E-state index is -0.428. The first-order valence-corrected chi connectivity index (χ1v) is 5.12. The van der Waals surface area contributed by atoms with Crippen molar-refractivity contribution in [1.29, 1.82) is 0 Å². The number of nitrogens with two attached hydrogens (primary N) is 1. The van der Waals surface area contributed by atoms with E-state index in [-0.39, 0.29) is 12.6 Å². The first kappa shape index (κ1) is 12.4. The Balaban J connectivity index is 2.78. The van der Waals surface area contributed by atoms with Crippen LogP contribution >= 0.6 is 0 Å². The van der Waals surface area contributed by atoms with Gasteiger partial charge in [-0.3, -0.25) is 4.79 Å². The van der Waals surface area contributed by atoms with Crippen LogP contribution in [0.25, 0.3) is 0 Å². The van der Waals surface area contributed by atoms with Gasteiger partial charge in [-0.1, -0.05) is 5.10 Å². The van der Waals surface area contributed by atoms with Gasteiger partial charge in [0, 0.05) is 6.54 Å². The molecule has 3 N–H and O–H groups in total. The smallest absolute Gasteiger partial charge is 0.318 e. The summed E-state index contributed by atoms with van der Waals surface area (Å²) >= 11 is 0. The summed E-state index contributed by atoms with van der Waals surface area (Å²) in [6.07, 6.45) is 0. The molecule has 1 unspecified atom stereocenters. The van der Waals surface area contributed by atoms with Gasteiger partial charge in [-0.25, -0.2) is 0 Å². The zero-order valence-corrected chi connectivity index (χ0v) is 9.73. The lowest BCUT2D eigenvalue weighted by Crippen LogP contribution is -2.33. The number of amides is 1. The van der Waals surface area contributed by atoms with Gasteiger partial charge in [-0.05, 0) is 20.9 Å². The second-order valence-electron chi connectivity index (χ2n) is 3.41. The standard InChI is InChI=1S/C9H17N5O2/c1-4-14(5-7(10)15)9-13-12-8(16-9)6(2)11-3/h6,11H,4-5H2,1-3H3,(H2,10,15). The Kier molecular flexibility index (Phi) is 4.24.